The number of aromatic amines is 1. The Balaban J connectivity index is 1.33. The maximum Gasteiger partial charge on any atom is 0.246 e. The number of nitrogens with one attached hydrogen (secondary N) is 2. The van der Waals surface area contributed by atoms with Gasteiger partial charge in [0.2, 0.25) is 11.8 Å². The molecule has 1 aromatic heterocycles. The SMILES string of the molecule is C=CC(=O)N1CCN(c2ccc([C@H](C)C(=O)Nc3cc(C4CC4)[nH]n3)cc2)CC1. The highest BCUT2D eigenvalue weighted by atomic mass is 16.2. The number of nitrogens with zero attached hydrogens (tertiary/aromatic N) is 3. The molecule has 2 fully saturated rings. The first-order chi connectivity index (χ1) is 14.0. The number of aromatic nitrogens is 2. The molecular formula is C22H27N5O2. The van der Waals surface area contributed by atoms with Gasteiger partial charge in [-0.1, -0.05) is 18.7 Å². The highest BCUT2D eigenvalue weighted by Crippen LogP contribution is 2.39. The van der Waals surface area contributed by atoms with E-state index >= 15 is 0 Å². The fourth-order valence-electron chi connectivity index (χ4n) is 3.68. The summed E-state index contributed by atoms with van der Waals surface area (Å²) in [5.41, 5.74) is 3.17. The Morgan fingerprint density at radius 3 is 2.52 bits per heavy atom. The summed E-state index contributed by atoms with van der Waals surface area (Å²) in [6.45, 7) is 8.41. The first-order valence-electron chi connectivity index (χ1n) is 10.2. The zero-order valence-electron chi connectivity index (χ0n) is 16.7. The summed E-state index contributed by atoms with van der Waals surface area (Å²) in [7, 11) is 0. The predicted molar refractivity (Wildman–Crippen MR) is 113 cm³/mol. The Morgan fingerprint density at radius 1 is 1.21 bits per heavy atom. The van der Waals surface area contributed by atoms with Crippen molar-refractivity contribution in [1.29, 1.82) is 0 Å². The molecule has 4 rings (SSSR count). The van der Waals surface area contributed by atoms with Gasteiger partial charge in [-0.2, -0.15) is 5.10 Å². The second kappa shape index (κ2) is 8.11. The third kappa shape index (κ3) is 4.34. The lowest BCUT2D eigenvalue weighted by Crippen LogP contribution is -2.48. The topological polar surface area (TPSA) is 81.3 Å². The van der Waals surface area contributed by atoms with E-state index in [1.54, 1.807) is 0 Å². The van der Waals surface area contributed by atoms with Crippen LogP contribution in [0.2, 0.25) is 0 Å². The molecule has 29 heavy (non-hydrogen) atoms. The van der Waals surface area contributed by atoms with E-state index in [0.29, 0.717) is 24.8 Å². The quantitative estimate of drug-likeness (QED) is 0.740. The van der Waals surface area contributed by atoms with E-state index in [-0.39, 0.29) is 17.7 Å². The van der Waals surface area contributed by atoms with Gasteiger partial charge in [0.05, 0.1) is 5.92 Å². The van der Waals surface area contributed by atoms with Crippen molar-refractivity contribution in [2.75, 3.05) is 36.4 Å². The van der Waals surface area contributed by atoms with Crippen molar-refractivity contribution >= 4 is 23.3 Å². The van der Waals surface area contributed by atoms with Gasteiger partial charge < -0.3 is 15.1 Å². The maximum atomic E-state index is 12.6. The van der Waals surface area contributed by atoms with Crippen LogP contribution in [0.3, 0.4) is 0 Å². The van der Waals surface area contributed by atoms with Crippen LogP contribution in [-0.2, 0) is 9.59 Å². The van der Waals surface area contributed by atoms with Gasteiger partial charge in [0.1, 0.15) is 0 Å². The van der Waals surface area contributed by atoms with Gasteiger partial charge in [-0.15, -0.1) is 0 Å². The van der Waals surface area contributed by atoms with Crippen molar-refractivity contribution in [2.24, 2.45) is 0 Å². The number of amides is 2. The molecule has 0 radical (unpaired) electrons. The number of H-pyrrole nitrogens is 1. The van der Waals surface area contributed by atoms with Crippen LogP contribution in [0.4, 0.5) is 11.5 Å². The molecule has 1 saturated heterocycles. The number of hydrogen-bond donors (Lipinski definition) is 2. The summed E-state index contributed by atoms with van der Waals surface area (Å²) in [4.78, 5) is 28.4. The number of piperazine rings is 1. The van der Waals surface area contributed by atoms with Crippen molar-refractivity contribution in [1.82, 2.24) is 15.1 Å². The summed E-state index contributed by atoms with van der Waals surface area (Å²) in [6, 6.07) is 10.0. The molecule has 0 bridgehead atoms. The normalized spacial score (nSPS) is 17.7. The third-order valence-corrected chi connectivity index (χ3v) is 5.78. The van der Waals surface area contributed by atoms with Crippen molar-refractivity contribution < 1.29 is 9.59 Å². The average molecular weight is 393 g/mol. The second-order valence-corrected chi connectivity index (χ2v) is 7.80. The van der Waals surface area contributed by atoms with Gasteiger partial charge in [-0.05, 0) is 43.5 Å². The smallest absolute Gasteiger partial charge is 0.246 e. The largest absolute Gasteiger partial charge is 0.368 e. The van der Waals surface area contributed by atoms with Gasteiger partial charge in [-0.3, -0.25) is 14.7 Å². The molecule has 1 aromatic carbocycles. The lowest BCUT2D eigenvalue weighted by Gasteiger charge is -2.35. The molecule has 1 aliphatic heterocycles. The Hall–Kier alpha value is -3.09. The molecule has 2 N–H and O–H groups in total. The van der Waals surface area contributed by atoms with Crippen molar-refractivity contribution in [2.45, 2.75) is 31.6 Å². The number of carbonyl (C=O) groups is 2. The molecule has 2 amide bonds. The highest BCUT2D eigenvalue weighted by molar-refractivity contribution is 5.95. The molecule has 7 heteroatoms. The number of anilines is 2. The first kappa shape index (κ1) is 19.2. The predicted octanol–water partition coefficient (Wildman–Crippen LogP) is 2.86. The van der Waals surface area contributed by atoms with Gasteiger partial charge in [0.15, 0.2) is 5.82 Å². The molecule has 1 aliphatic carbocycles. The molecule has 7 nitrogen and oxygen atoms in total. The molecule has 0 unspecified atom stereocenters. The van der Waals surface area contributed by atoms with E-state index in [0.717, 1.165) is 30.0 Å². The van der Waals surface area contributed by atoms with Crippen LogP contribution >= 0.6 is 0 Å². The summed E-state index contributed by atoms with van der Waals surface area (Å²) >= 11 is 0. The van der Waals surface area contributed by atoms with Crippen LogP contribution in [0.25, 0.3) is 0 Å². The number of rotatable bonds is 6. The van der Waals surface area contributed by atoms with Crippen molar-refractivity contribution in [3.63, 3.8) is 0 Å². The molecular weight excluding hydrogens is 366 g/mol. The molecule has 1 saturated carbocycles. The van der Waals surface area contributed by atoms with E-state index in [1.165, 1.54) is 18.9 Å². The Kier molecular flexibility index (Phi) is 5.38. The fourth-order valence-corrected chi connectivity index (χ4v) is 3.68. The summed E-state index contributed by atoms with van der Waals surface area (Å²) < 4.78 is 0. The van der Waals surface area contributed by atoms with Crippen LogP contribution in [0.1, 0.15) is 42.9 Å². The van der Waals surface area contributed by atoms with E-state index in [4.69, 9.17) is 0 Å². The number of benzene rings is 1. The standard InChI is InChI=1S/C22H27N5O2/c1-3-21(28)27-12-10-26(11-13-27)18-8-6-16(7-9-18)15(2)22(29)23-20-14-19(24-25-20)17-4-5-17/h3,6-9,14-15,17H,1,4-5,10-13H2,2H3,(H2,23,24,25,29)/t15-/m0/s1. The zero-order chi connectivity index (χ0) is 20.4. The van der Waals surface area contributed by atoms with E-state index in [2.05, 4.69) is 27.0 Å². The van der Waals surface area contributed by atoms with Gasteiger partial charge >= 0.3 is 0 Å². The van der Waals surface area contributed by atoms with Crippen LogP contribution in [0.5, 0.6) is 0 Å². The van der Waals surface area contributed by atoms with Crippen LogP contribution < -0.4 is 10.2 Å². The lowest BCUT2D eigenvalue weighted by atomic mass is 10.00. The van der Waals surface area contributed by atoms with E-state index in [9.17, 15) is 9.59 Å². The highest BCUT2D eigenvalue weighted by Gasteiger charge is 2.26. The summed E-state index contributed by atoms with van der Waals surface area (Å²) in [5, 5.41) is 10.1. The van der Waals surface area contributed by atoms with Crippen LogP contribution in [0.15, 0.2) is 43.0 Å². The van der Waals surface area contributed by atoms with Crippen molar-refractivity contribution in [3.8, 4) is 0 Å². The van der Waals surface area contributed by atoms with E-state index in [1.807, 2.05) is 42.2 Å². The van der Waals surface area contributed by atoms with Crippen LogP contribution in [-0.4, -0.2) is 53.1 Å². The monoisotopic (exact) mass is 393 g/mol. The lowest BCUT2D eigenvalue weighted by molar-refractivity contribution is -0.126. The Labute approximate surface area is 170 Å². The Bertz CT molecular complexity index is 892. The van der Waals surface area contributed by atoms with Crippen molar-refractivity contribution in [3.05, 3.63) is 54.2 Å². The number of hydrogen-bond acceptors (Lipinski definition) is 4. The molecule has 1 atom stereocenters. The minimum atomic E-state index is -0.271. The molecule has 2 heterocycles. The zero-order valence-corrected chi connectivity index (χ0v) is 16.7. The second-order valence-electron chi connectivity index (χ2n) is 7.80. The average Bonchev–Trinajstić information content (AvgIpc) is 3.52. The number of carbonyl (C=O) groups excluding carboxylic acids is 2. The minimum Gasteiger partial charge on any atom is -0.368 e. The molecule has 2 aromatic rings. The summed E-state index contributed by atoms with van der Waals surface area (Å²) in [5.74, 6) is 0.818. The van der Waals surface area contributed by atoms with Gasteiger partial charge in [-0.25, -0.2) is 0 Å². The van der Waals surface area contributed by atoms with E-state index < -0.39 is 0 Å². The minimum absolute atomic E-state index is 0.0130. The molecule has 2 aliphatic rings. The van der Waals surface area contributed by atoms with Gasteiger partial charge in [0, 0.05) is 49.5 Å². The third-order valence-electron chi connectivity index (χ3n) is 5.78. The first-order valence-corrected chi connectivity index (χ1v) is 10.2. The van der Waals surface area contributed by atoms with Gasteiger partial charge in [0.25, 0.3) is 0 Å². The van der Waals surface area contributed by atoms with Crippen LogP contribution in [0, 0.1) is 0 Å². The maximum absolute atomic E-state index is 12.6. The fraction of sp³-hybridized carbons (Fsp3) is 0.409. The molecule has 152 valence electrons. The Morgan fingerprint density at radius 2 is 1.90 bits per heavy atom. The molecule has 0 spiro atoms. The summed E-state index contributed by atoms with van der Waals surface area (Å²) in [6.07, 6.45) is 3.75.